The minimum atomic E-state index is -0.0617. The Bertz CT molecular complexity index is 202. The van der Waals surface area contributed by atoms with Crippen LogP contribution in [0.5, 0.6) is 0 Å². The molecule has 2 radical (unpaired) electrons. The summed E-state index contributed by atoms with van der Waals surface area (Å²) in [6.07, 6.45) is 5.69. The number of nitrogens with zero attached hydrogens (tertiary/aromatic N) is 2. The number of allylic oxidation sites excluding steroid dienone is 1. The fourth-order valence-corrected chi connectivity index (χ4v) is 2.35. The van der Waals surface area contributed by atoms with Crippen LogP contribution < -0.4 is 0 Å². The molecule has 2 aliphatic rings. The Kier molecular flexibility index (Phi) is 1.40. The molecule has 0 amide bonds. The van der Waals surface area contributed by atoms with Gasteiger partial charge in [0.1, 0.15) is 0 Å². The summed E-state index contributed by atoms with van der Waals surface area (Å²) in [5.41, 5.74) is 0. The Morgan fingerprint density at radius 1 is 1.64 bits per heavy atom. The van der Waals surface area contributed by atoms with E-state index in [0.29, 0.717) is 9.68 Å². The zero-order valence-electron chi connectivity index (χ0n) is 6.61. The molecule has 2 rings (SSSR count). The van der Waals surface area contributed by atoms with Crippen molar-refractivity contribution in [2.75, 3.05) is 0 Å². The summed E-state index contributed by atoms with van der Waals surface area (Å²) >= 11 is 0. The second kappa shape index (κ2) is 2.18. The highest BCUT2D eigenvalue weighted by Crippen LogP contribution is 2.24. The molecule has 1 fully saturated rings. The van der Waals surface area contributed by atoms with E-state index in [9.17, 15) is 0 Å². The fourth-order valence-electron chi connectivity index (χ4n) is 1.18. The van der Waals surface area contributed by atoms with Crippen LogP contribution in [0.3, 0.4) is 0 Å². The molecule has 0 aromatic carbocycles. The summed E-state index contributed by atoms with van der Waals surface area (Å²) < 4.78 is 7.77. The van der Waals surface area contributed by atoms with Gasteiger partial charge in [-0.25, -0.2) is 4.99 Å². The summed E-state index contributed by atoms with van der Waals surface area (Å²) in [5, 5.41) is -0.0311. The lowest BCUT2D eigenvalue weighted by atomic mass is 10.4. The summed E-state index contributed by atoms with van der Waals surface area (Å²) in [7, 11) is 0.675. The minimum absolute atomic E-state index is 0.0311. The molecule has 0 bridgehead atoms. The van der Waals surface area contributed by atoms with Gasteiger partial charge in [-0.2, -0.15) is 0 Å². The third-order valence-electron chi connectivity index (χ3n) is 1.58. The maximum Gasteiger partial charge on any atom is 0.222 e. The number of rotatable bonds is 0. The predicted molar refractivity (Wildman–Crippen MR) is 44.2 cm³/mol. The molecule has 4 heteroatoms. The summed E-state index contributed by atoms with van der Waals surface area (Å²) in [4.78, 5) is 4.19. The van der Waals surface area contributed by atoms with Crippen LogP contribution in [0, 0.1) is 0 Å². The first-order chi connectivity index (χ1) is 5.17. The Hall–Kier alpha value is -0.613. The van der Waals surface area contributed by atoms with Crippen LogP contribution in [0.25, 0.3) is 0 Å². The molecule has 0 aromatic rings. The van der Waals surface area contributed by atoms with Crippen LogP contribution >= 0.6 is 0 Å². The van der Waals surface area contributed by atoms with E-state index in [4.69, 9.17) is 4.74 Å². The van der Waals surface area contributed by atoms with E-state index in [-0.39, 0.29) is 11.6 Å². The largest absolute Gasteiger partial charge is 0.359 e. The van der Waals surface area contributed by atoms with Gasteiger partial charge in [0.05, 0.1) is 5.22 Å². The molecule has 3 nitrogen and oxygen atoms in total. The van der Waals surface area contributed by atoms with E-state index in [1.165, 1.54) is 0 Å². The van der Waals surface area contributed by atoms with Gasteiger partial charge in [-0.3, -0.25) is 0 Å². The van der Waals surface area contributed by atoms with Crippen LogP contribution in [0.4, 0.5) is 0 Å². The highest BCUT2D eigenvalue weighted by molar-refractivity contribution is 6.37. The van der Waals surface area contributed by atoms with Crippen LogP contribution in [0.15, 0.2) is 17.3 Å². The van der Waals surface area contributed by atoms with Crippen molar-refractivity contribution in [2.45, 2.75) is 25.4 Å². The van der Waals surface area contributed by atoms with Crippen LogP contribution in [-0.4, -0.2) is 32.0 Å². The molecule has 1 saturated heterocycles. The number of aliphatic imine (C=N–C) groups is 1. The molecule has 0 spiro atoms. The summed E-state index contributed by atoms with van der Waals surface area (Å²) in [5.74, 6) is 0. The molecule has 11 heavy (non-hydrogen) atoms. The van der Waals surface area contributed by atoms with Gasteiger partial charge in [-0.15, -0.1) is 0 Å². The lowest BCUT2D eigenvalue weighted by Gasteiger charge is -2.18. The third-order valence-corrected chi connectivity index (χ3v) is 2.87. The number of fused-ring (bicyclic) bond motifs is 1. The molecule has 58 valence electrons. The molecule has 0 aromatic heterocycles. The molecule has 1 unspecified atom stereocenters. The molecular weight excluding hydrogens is 156 g/mol. The number of hydrogen-bond donors (Lipinski definition) is 0. The van der Waals surface area contributed by atoms with E-state index >= 15 is 0 Å². The Morgan fingerprint density at radius 2 is 2.45 bits per heavy atom. The lowest BCUT2D eigenvalue weighted by Crippen LogP contribution is -2.30. The second-order valence-electron chi connectivity index (χ2n) is 3.11. The Morgan fingerprint density at radius 3 is 3.18 bits per heavy atom. The van der Waals surface area contributed by atoms with Gasteiger partial charge in [0.2, 0.25) is 16.0 Å². The van der Waals surface area contributed by atoms with Crippen LogP contribution in [0.1, 0.15) is 13.8 Å². The van der Waals surface area contributed by atoms with Gasteiger partial charge in [0.25, 0.3) is 0 Å². The van der Waals surface area contributed by atoms with E-state index in [1.54, 1.807) is 6.21 Å². The number of ether oxygens (including phenoxy) is 1. The Labute approximate surface area is 68.7 Å². The van der Waals surface area contributed by atoms with Crippen molar-refractivity contribution in [1.82, 2.24) is 4.57 Å². The average molecular weight is 166 g/mol. The van der Waals surface area contributed by atoms with Crippen molar-refractivity contribution in [3.63, 3.8) is 0 Å². The normalized spacial score (nSPS) is 32.5. The van der Waals surface area contributed by atoms with Crippen molar-refractivity contribution in [1.29, 1.82) is 0 Å². The Balaban J connectivity index is 2.18. The second-order valence-corrected chi connectivity index (χ2v) is 5.06. The summed E-state index contributed by atoms with van der Waals surface area (Å²) in [6.45, 7) is 4.18. The van der Waals surface area contributed by atoms with Gasteiger partial charge in [0, 0.05) is 6.21 Å². The average Bonchev–Trinajstić information content (AvgIpc) is 2.21. The van der Waals surface area contributed by atoms with Gasteiger partial charge in [0.15, 0.2) is 0 Å². The molecule has 0 aliphatic carbocycles. The smallest absolute Gasteiger partial charge is 0.222 e. The van der Waals surface area contributed by atoms with Crippen molar-refractivity contribution in [3.05, 3.63) is 12.3 Å². The zero-order chi connectivity index (χ0) is 7.90. The predicted octanol–water partition coefficient (Wildman–Crippen LogP) is 0.556. The minimum Gasteiger partial charge on any atom is -0.359 e. The molecule has 2 aliphatic heterocycles. The standard InChI is InChI=1S/C7H10N2OSi/c1-7(2)10-6-8-4-3-5-9(6)11-7/h3-6H,1-2H3. The van der Waals surface area contributed by atoms with Gasteiger partial charge < -0.3 is 9.30 Å². The van der Waals surface area contributed by atoms with E-state index in [2.05, 4.69) is 23.4 Å². The van der Waals surface area contributed by atoms with Crippen molar-refractivity contribution in [3.8, 4) is 0 Å². The maximum absolute atomic E-state index is 5.64. The monoisotopic (exact) mass is 166 g/mol. The molecule has 0 N–H and O–H groups in total. The van der Waals surface area contributed by atoms with E-state index in [1.807, 2.05) is 12.3 Å². The first-order valence-electron chi connectivity index (χ1n) is 3.61. The fraction of sp³-hybridized carbons (Fsp3) is 0.571. The van der Waals surface area contributed by atoms with Crippen molar-refractivity contribution < 1.29 is 4.74 Å². The highest BCUT2D eigenvalue weighted by Gasteiger charge is 2.38. The number of hydrogen-bond acceptors (Lipinski definition) is 3. The highest BCUT2D eigenvalue weighted by atomic mass is 28.2. The lowest BCUT2D eigenvalue weighted by molar-refractivity contribution is -0.0213. The molecular formula is C7H10N2OSi. The van der Waals surface area contributed by atoms with Crippen LogP contribution in [0.2, 0.25) is 0 Å². The maximum atomic E-state index is 5.64. The third kappa shape index (κ3) is 1.23. The van der Waals surface area contributed by atoms with E-state index < -0.39 is 0 Å². The summed E-state index contributed by atoms with van der Waals surface area (Å²) in [6, 6.07) is 0. The van der Waals surface area contributed by atoms with Crippen molar-refractivity contribution in [2.24, 2.45) is 4.99 Å². The molecule has 1 atom stereocenters. The SMILES string of the molecule is CC1(C)OC2N=CC=CN2[Si]1. The van der Waals surface area contributed by atoms with Crippen LogP contribution in [-0.2, 0) is 4.74 Å². The first kappa shape index (κ1) is 7.06. The van der Waals surface area contributed by atoms with Gasteiger partial charge >= 0.3 is 0 Å². The molecule has 0 saturated carbocycles. The molecule has 2 heterocycles. The quantitative estimate of drug-likeness (QED) is 0.491. The van der Waals surface area contributed by atoms with Gasteiger partial charge in [-0.1, -0.05) is 0 Å². The van der Waals surface area contributed by atoms with Crippen molar-refractivity contribution >= 4 is 15.9 Å². The topological polar surface area (TPSA) is 24.8 Å². The zero-order valence-corrected chi connectivity index (χ0v) is 7.61. The first-order valence-corrected chi connectivity index (χ1v) is 4.56. The van der Waals surface area contributed by atoms with Gasteiger partial charge in [-0.05, 0) is 26.1 Å². The van der Waals surface area contributed by atoms with E-state index in [0.717, 1.165) is 0 Å².